The lowest BCUT2D eigenvalue weighted by Crippen LogP contribution is -1.80. The molecule has 0 bridgehead atoms. The minimum Gasteiger partial charge on any atom is -0.0587 e. The molecule has 0 radical (unpaired) electrons. The van der Waals surface area contributed by atoms with E-state index in [0.29, 0.717) is 0 Å². The molecule has 0 heteroatoms. The molecule has 4 aromatic carbocycles. The van der Waals surface area contributed by atoms with Crippen molar-refractivity contribution < 1.29 is 0 Å². The highest BCUT2D eigenvalue weighted by Gasteiger charge is 1.98. The molecule has 0 nitrogen and oxygen atoms in total. The van der Waals surface area contributed by atoms with E-state index in [4.69, 9.17) is 0 Å². The van der Waals surface area contributed by atoms with Crippen LogP contribution in [0.4, 0.5) is 0 Å². The Hall–Kier alpha value is -3.38. The summed E-state index contributed by atoms with van der Waals surface area (Å²) in [7, 11) is 0. The van der Waals surface area contributed by atoms with E-state index in [1.807, 2.05) is 0 Å². The van der Waals surface area contributed by atoms with Gasteiger partial charge in [-0.3, -0.25) is 0 Å². The molecule has 0 saturated carbocycles. The van der Waals surface area contributed by atoms with Gasteiger partial charge in [0.2, 0.25) is 0 Å². The van der Waals surface area contributed by atoms with Crippen molar-refractivity contribution in [1.29, 1.82) is 0 Å². The largest absolute Gasteiger partial charge is 0.0587 e. The van der Waals surface area contributed by atoms with E-state index in [-0.39, 0.29) is 0 Å². The maximum atomic E-state index is 2.19. The topological polar surface area (TPSA) is 0 Å². The van der Waals surface area contributed by atoms with Gasteiger partial charge in [0.15, 0.2) is 0 Å². The summed E-state index contributed by atoms with van der Waals surface area (Å²) >= 11 is 0. The molecule has 0 heterocycles. The molecule has 0 aliphatic heterocycles. The molecule has 0 aliphatic rings. The van der Waals surface area contributed by atoms with E-state index < -0.39 is 0 Å². The lowest BCUT2D eigenvalue weighted by molar-refractivity contribution is 1.47. The van der Waals surface area contributed by atoms with Gasteiger partial charge in [-0.2, -0.15) is 0 Å². The second-order valence-electron chi connectivity index (χ2n) is 7.31. The molecule has 0 amide bonds. The first-order chi connectivity index (χ1) is 13.7. The molecule has 136 valence electrons. The Balaban J connectivity index is 1.46. The van der Waals surface area contributed by atoms with Gasteiger partial charge in [-0.15, -0.1) is 0 Å². The predicted octanol–water partition coefficient (Wildman–Crippen LogP) is 7.81. The van der Waals surface area contributed by atoms with Crippen LogP contribution in [0, 0.1) is 13.8 Å². The summed E-state index contributed by atoms with van der Waals surface area (Å²) in [5.41, 5.74) is 10.0. The Labute approximate surface area is 167 Å². The van der Waals surface area contributed by atoms with Crippen LogP contribution in [0.1, 0.15) is 22.3 Å². The van der Waals surface area contributed by atoms with Crippen LogP contribution in [0.3, 0.4) is 0 Å². The predicted molar refractivity (Wildman–Crippen MR) is 122 cm³/mol. The van der Waals surface area contributed by atoms with Crippen molar-refractivity contribution in [2.75, 3.05) is 0 Å². The van der Waals surface area contributed by atoms with Crippen LogP contribution in [0.2, 0.25) is 0 Å². The van der Waals surface area contributed by atoms with Gasteiger partial charge in [-0.25, -0.2) is 0 Å². The fraction of sp³-hybridized carbons (Fsp3) is 0.0714. The lowest BCUT2D eigenvalue weighted by Gasteiger charge is -2.04. The summed E-state index contributed by atoms with van der Waals surface area (Å²) in [5, 5.41) is 0. The normalized spacial score (nSPS) is 11.1. The van der Waals surface area contributed by atoms with E-state index >= 15 is 0 Å². The third kappa shape index (κ3) is 4.29. The van der Waals surface area contributed by atoms with Gasteiger partial charge in [0.1, 0.15) is 0 Å². The van der Waals surface area contributed by atoms with Crippen molar-refractivity contribution in [3.05, 3.63) is 119 Å². The Bertz CT molecular complexity index is 972. The van der Waals surface area contributed by atoms with Gasteiger partial charge in [0, 0.05) is 0 Å². The molecule has 0 unspecified atom stereocenters. The fourth-order valence-corrected chi connectivity index (χ4v) is 3.26. The molecule has 28 heavy (non-hydrogen) atoms. The number of rotatable bonds is 4. The van der Waals surface area contributed by atoms with Gasteiger partial charge in [-0.1, -0.05) is 120 Å². The first kappa shape index (κ1) is 18.0. The third-order valence-electron chi connectivity index (χ3n) is 5.06. The summed E-state index contributed by atoms with van der Waals surface area (Å²) in [4.78, 5) is 0. The summed E-state index contributed by atoms with van der Waals surface area (Å²) in [6, 6.07) is 34.8. The number of benzene rings is 4. The van der Waals surface area contributed by atoms with Crippen molar-refractivity contribution in [1.82, 2.24) is 0 Å². The minimum absolute atomic E-state index is 1.21. The number of aryl methyl sites for hydroxylation is 2. The first-order valence-electron chi connectivity index (χ1n) is 9.70. The molecule has 0 atom stereocenters. The third-order valence-corrected chi connectivity index (χ3v) is 5.06. The summed E-state index contributed by atoms with van der Waals surface area (Å²) in [5.74, 6) is 0. The van der Waals surface area contributed by atoms with Crippen molar-refractivity contribution >= 4 is 12.2 Å². The zero-order valence-electron chi connectivity index (χ0n) is 16.4. The summed E-state index contributed by atoms with van der Waals surface area (Å²) in [6.45, 7) is 4.23. The van der Waals surface area contributed by atoms with E-state index in [2.05, 4.69) is 123 Å². The monoisotopic (exact) mass is 360 g/mol. The molecule has 0 N–H and O–H groups in total. The van der Waals surface area contributed by atoms with Crippen LogP contribution in [0.5, 0.6) is 0 Å². The Kier molecular flexibility index (Phi) is 5.21. The van der Waals surface area contributed by atoms with E-state index in [1.54, 1.807) is 0 Å². The average molecular weight is 360 g/mol. The smallest absolute Gasteiger partial charge is 0.0184 e. The van der Waals surface area contributed by atoms with Crippen LogP contribution < -0.4 is 0 Å². The Morgan fingerprint density at radius 2 is 0.607 bits per heavy atom. The Morgan fingerprint density at radius 1 is 0.357 bits per heavy atom. The van der Waals surface area contributed by atoms with Crippen LogP contribution in [0.25, 0.3) is 34.4 Å². The standard InChI is InChI=1S/C28H24/c1-21-3-13-25(14-4-21)27-17-9-23(10-18-27)7-8-24-11-19-28(20-12-24)26-15-5-22(2)6-16-26/h3-20H,1-2H3. The maximum absolute atomic E-state index is 2.19. The average Bonchev–Trinajstić information content (AvgIpc) is 2.74. The fourth-order valence-electron chi connectivity index (χ4n) is 3.26. The quantitative estimate of drug-likeness (QED) is 0.326. The molecule has 0 fully saturated rings. The first-order valence-corrected chi connectivity index (χ1v) is 9.70. The van der Waals surface area contributed by atoms with Gasteiger partial charge < -0.3 is 0 Å². The van der Waals surface area contributed by atoms with Crippen LogP contribution in [-0.2, 0) is 0 Å². The van der Waals surface area contributed by atoms with Crippen LogP contribution in [-0.4, -0.2) is 0 Å². The molecular formula is C28H24. The van der Waals surface area contributed by atoms with Crippen molar-refractivity contribution in [3.63, 3.8) is 0 Å². The van der Waals surface area contributed by atoms with Gasteiger partial charge in [0.05, 0.1) is 0 Å². The van der Waals surface area contributed by atoms with E-state index in [9.17, 15) is 0 Å². The zero-order valence-corrected chi connectivity index (χ0v) is 16.4. The molecule has 0 spiro atoms. The molecular weight excluding hydrogens is 336 g/mol. The van der Waals surface area contributed by atoms with Crippen molar-refractivity contribution in [3.8, 4) is 22.3 Å². The minimum atomic E-state index is 1.21. The molecule has 0 aromatic heterocycles. The molecule has 4 aromatic rings. The second-order valence-corrected chi connectivity index (χ2v) is 7.31. The molecule has 4 rings (SSSR count). The van der Waals surface area contributed by atoms with Crippen LogP contribution in [0.15, 0.2) is 97.1 Å². The highest BCUT2D eigenvalue weighted by Crippen LogP contribution is 2.23. The number of hydrogen-bond donors (Lipinski definition) is 0. The summed E-state index contributed by atoms with van der Waals surface area (Å²) < 4.78 is 0. The lowest BCUT2D eigenvalue weighted by atomic mass is 10.0. The SMILES string of the molecule is Cc1ccc(-c2ccc(C=Cc3ccc(-c4ccc(C)cc4)cc3)cc2)cc1. The second kappa shape index (κ2) is 8.10. The number of hydrogen-bond acceptors (Lipinski definition) is 0. The van der Waals surface area contributed by atoms with Crippen molar-refractivity contribution in [2.24, 2.45) is 0 Å². The maximum Gasteiger partial charge on any atom is -0.0184 e. The Morgan fingerprint density at radius 3 is 0.893 bits per heavy atom. The van der Waals surface area contributed by atoms with Gasteiger partial charge in [0.25, 0.3) is 0 Å². The highest BCUT2D eigenvalue weighted by atomic mass is 14.0. The van der Waals surface area contributed by atoms with Gasteiger partial charge in [-0.05, 0) is 47.2 Å². The van der Waals surface area contributed by atoms with E-state index in [0.717, 1.165) is 0 Å². The van der Waals surface area contributed by atoms with Crippen LogP contribution >= 0.6 is 0 Å². The highest BCUT2D eigenvalue weighted by molar-refractivity contribution is 5.73. The molecule has 0 saturated heterocycles. The zero-order chi connectivity index (χ0) is 19.3. The van der Waals surface area contributed by atoms with Gasteiger partial charge >= 0.3 is 0 Å². The van der Waals surface area contributed by atoms with Crippen molar-refractivity contribution in [2.45, 2.75) is 13.8 Å². The molecule has 0 aliphatic carbocycles. The summed E-state index contributed by atoms with van der Waals surface area (Å²) in [6.07, 6.45) is 4.33. The van der Waals surface area contributed by atoms with E-state index in [1.165, 1.54) is 44.5 Å².